The molecule has 0 aromatic heterocycles. The van der Waals surface area contributed by atoms with Gasteiger partial charge in [-0.3, -0.25) is 0 Å². The molecule has 0 bridgehead atoms. The Balaban J connectivity index is 2.15. The normalized spacial score (nSPS) is 28.7. The Labute approximate surface area is 78.7 Å². The lowest BCUT2D eigenvalue weighted by atomic mass is 9.97. The van der Waals surface area contributed by atoms with Crippen molar-refractivity contribution in [1.82, 2.24) is 0 Å². The molecule has 1 saturated heterocycles. The molecule has 1 aromatic rings. The van der Waals surface area contributed by atoms with Gasteiger partial charge in [-0.05, 0) is 18.4 Å². The highest BCUT2D eigenvalue weighted by Crippen LogP contribution is 2.26. The lowest BCUT2D eigenvalue weighted by Crippen LogP contribution is -2.34. The number of ether oxygens (including phenoxy) is 1. The van der Waals surface area contributed by atoms with E-state index in [-0.39, 0.29) is 12.1 Å². The fourth-order valence-corrected chi connectivity index (χ4v) is 1.79. The third kappa shape index (κ3) is 1.90. The predicted molar refractivity (Wildman–Crippen MR) is 52.3 cm³/mol. The zero-order chi connectivity index (χ0) is 9.10. The highest BCUT2D eigenvalue weighted by atomic mass is 16.5. The molecule has 0 aliphatic carbocycles. The number of nitrogens with two attached hydrogens (primary N) is 1. The largest absolute Gasteiger partial charge is 0.372 e. The maximum atomic E-state index is 5.99. The van der Waals surface area contributed by atoms with Crippen LogP contribution in [0.5, 0.6) is 0 Å². The van der Waals surface area contributed by atoms with Crippen LogP contribution in [-0.2, 0) is 4.74 Å². The maximum Gasteiger partial charge on any atom is 0.0975 e. The summed E-state index contributed by atoms with van der Waals surface area (Å²) in [4.78, 5) is 0. The van der Waals surface area contributed by atoms with Gasteiger partial charge in [-0.2, -0.15) is 0 Å². The molecule has 13 heavy (non-hydrogen) atoms. The summed E-state index contributed by atoms with van der Waals surface area (Å²) >= 11 is 0. The molecule has 2 unspecified atom stereocenters. The number of hydrogen-bond donors (Lipinski definition) is 1. The van der Waals surface area contributed by atoms with Crippen molar-refractivity contribution in [3.63, 3.8) is 0 Å². The van der Waals surface area contributed by atoms with Crippen molar-refractivity contribution in [2.45, 2.75) is 25.0 Å². The Hall–Kier alpha value is -0.860. The smallest absolute Gasteiger partial charge is 0.0975 e. The second-order valence-corrected chi connectivity index (χ2v) is 3.51. The molecule has 2 heteroatoms. The van der Waals surface area contributed by atoms with E-state index in [0.29, 0.717) is 0 Å². The second-order valence-electron chi connectivity index (χ2n) is 3.51. The van der Waals surface area contributed by atoms with Crippen LogP contribution in [0, 0.1) is 0 Å². The van der Waals surface area contributed by atoms with Gasteiger partial charge in [-0.15, -0.1) is 0 Å². The molecule has 2 nitrogen and oxygen atoms in total. The minimum absolute atomic E-state index is 0.106. The van der Waals surface area contributed by atoms with Crippen molar-refractivity contribution in [3.05, 3.63) is 35.9 Å². The van der Waals surface area contributed by atoms with Crippen LogP contribution >= 0.6 is 0 Å². The molecule has 2 rings (SSSR count). The highest BCUT2D eigenvalue weighted by Gasteiger charge is 2.23. The van der Waals surface area contributed by atoms with Gasteiger partial charge in [-0.25, -0.2) is 0 Å². The van der Waals surface area contributed by atoms with Crippen molar-refractivity contribution in [2.24, 2.45) is 5.73 Å². The fourth-order valence-electron chi connectivity index (χ4n) is 1.79. The third-order valence-electron chi connectivity index (χ3n) is 2.50. The van der Waals surface area contributed by atoms with Crippen LogP contribution in [0.4, 0.5) is 0 Å². The minimum atomic E-state index is 0.106. The standard InChI is InChI=1S/C11H15NO/c12-10-7-4-8-13-11(10)9-5-2-1-3-6-9/h1-3,5-6,10-11H,4,7-8,12H2. The molecule has 0 spiro atoms. The van der Waals surface area contributed by atoms with Gasteiger partial charge in [0.25, 0.3) is 0 Å². The van der Waals surface area contributed by atoms with Crippen LogP contribution in [0.1, 0.15) is 24.5 Å². The lowest BCUT2D eigenvalue weighted by molar-refractivity contribution is 0.000148. The van der Waals surface area contributed by atoms with Crippen LogP contribution in [-0.4, -0.2) is 12.6 Å². The molecule has 1 heterocycles. The maximum absolute atomic E-state index is 5.99. The van der Waals surface area contributed by atoms with Crippen molar-refractivity contribution < 1.29 is 4.74 Å². The summed E-state index contributed by atoms with van der Waals surface area (Å²) in [5, 5.41) is 0. The van der Waals surface area contributed by atoms with E-state index in [2.05, 4.69) is 12.1 Å². The van der Waals surface area contributed by atoms with Crippen molar-refractivity contribution >= 4 is 0 Å². The summed E-state index contributed by atoms with van der Waals surface area (Å²) in [5.41, 5.74) is 7.19. The fraction of sp³-hybridized carbons (Fsp3) is 0.455. The molecular formula is C11H15NO. The summed E-state index contributed by atoms with van der Waals surface area (Å²) in [6.07, 6.45) is 2.26. The Kier molecular flexibility index (Phi) is 2.62. The SMILES string of the molecule is NC1CCCOC1c1ccccc1. The van der Waals surface area contributed by atoms with Crippen LogP contribution < -0.4 is 5.73 Å². The Morgan fingerprint density at radius 3 is 2.69 bits per heavy atom. The molecule has 1 aromatic carbocycles. The van der Waals surface area contributed by atoms with Crippen LogP contribution in [0.25, 0.3) is 0 Å². The first-order valence-electron chi connectivity index (χ1n) is 4.80. The van der Waals surface area contributed by atoms with Crippen LogP contribution in [0.15, 0.2) is 30.3 Å². The van der Waals surface area contributed by atoms with E-state index in [9.17, 15) is 0 Å². The summed E-state index contributed by atoms with van der Waals surface area (Å²) in [7, 11) is 0. The van der Waals surface area contributed by atoms with Gasteiger partial charge in [0.15, 0.2) is 0 Å². The first-order valence-corrected chi connectivity index (χ1v) is 4.80. The quantitative estimate of drug-likeness (QED) is 0.710. The summed E-state index contributed by atoms with van der Waals surface area (Å²) in [6.45, 7) is 0.841. The molecule has 2 atom stereocenters. The van der Waals surface area contributed by atoms with Gasteiger partial charge in [0.05, 0.1) is 6.10 Å². The van der Waals surface area contributed by atoms with Gasteiger partial charge in [0.1, 0.15) is 0 Å². The van der Waals surface area contributed by atoms with E-state index in [0.717, 1.165) is 19.4 Å². The summed E-state index contributed by atoms with van der Waals surface area (Å²) < 4.78 is 5.65. The van der Waals surface area contributed by atoms with Crippen molar-refractivity contribution in [3.8, 4) is 0 Å². The number of hydrogen-bond acceptors (Lipinski definition) is 2. The van der Waals surface area contributed by atoms with Gasteiger partial charge >= 0.3 is 0 Å². The summed E-state index contributed by atoms with van der Waals surface area (Å²) in [5.74, 6) is 0. The van der Waals surface area contributed by atoms with Crippen LogP contribution in [0.2, 0.25) is 0 Å². The molecular weight excluding hydrogens is 162 g/mol. The van der Waals surface area contributed by atoms with Gasteiger partial charge in [0, 0.05) is 12.6 Å². The van der Waals surface area contributed by atoms with Crippen molar-refractivity contribution in [2.75, 3.05) is 6.61 Å². The molecule has 1 aliphatic rings. The highest BCUT2D eigenvalue weighted by molar-refractivity contribution is 5.19. The lowest BCUT2D eigenvalue weighted by Gasteiger charge is -2.29. The molecule has 0 saturated carbocycles. The van der Waals surface area contributed by atoms with E-state index in [1.165, 1.54) is 5.56 Å². The molecule has 2 N–H and O–H groups in total. The Morgan fingerprint density at radius 2 is 2.00 bits per heavy atom. The van der Waals surface area contributed by atoms with Gasteiger partial charge in [0.2, 0.25) is 0 Å². The van der Waals surface area contributed by atoms with Crippen molar-refractivity contribution in [1.29, 1.82) is 0 Å². The second kappa shape index (κ2) is 3.90. The molecule has 70 valence electrons. The Bertz CT molecular complexity index is 260. The minimum Gasteiger partial charge on any atom is -0.372 e. The first kappa shape index (κ1) is 8.73. The molecule has 0 amide bonds. The average molecular weight is 177 g/mol. The zero-order valence-electron chi connectivity index (χ0n) is 7.65. The van der Waals surface area contributed by atoms with Crippen LogP contribution in [0.3, 0.4) is 0 Å². The topological polar surface area (TPSA) is 35.2 Å². The van der Waals surface area contributed by atoms with Gasteiger partial charge in [-0.1, -0.05) is 30.3 Å². The third-order valence-corrected chi connectivity index (χ3v) is 2.50. The molecule has 1 fully saturated rings. The Morgan fingerprint density at radius 1 is 1.23 bits per heavy atom. The zero-order valence-corrected chi connectivity index (χ0v) is 7.65. The van der Waals surface area contributed by atoms with E-state index < -0.39 is 0 Å². The summed E-state index contributed by atoms with van der Waals surface area (Å²) in [6, 6.07) is 10.4. The molecule has 0 radical (unpaired) electrons. The molecule has 1 aliphatic heterocycles. The van der Waals surface area contributed by atoms with E-state index in [1.54, 1.807) is 0 Å². The number of rotatable bonds is 1. The number of benzene rings is 1. The monoisotopic (exact) mass is 177 g/mol. The first-order chi connectivity index (χ1) is 6.38. The average Bonchev–Trinajstić information content (AvgIpc) is 2.20. The van der Waals surface area contributed by atoms with E-state index in [4.69, 9.17) is 10.5 Å². The van der Waals surface area contributed by atoms with E-state index >= 15 is 0 Å². The van der Waals surface area contributed by atoms with E-state index in [1.807, 2.05) is 18.2 Å². The predicted octanol–water partition coefficient (Wildman–Crippen LogP) is 1.87. The van der Waals surface area contributed by atoms with Gasteiger partial charge < -0.3 is 10.5 Å².